The number of thiocarbonyl (C=S) groups is 1. The van der Waals surface area contributed by atoms with Crippen molar-refractivity contribution in [1.29, 1.82) is 0 Å². The molecule has 0 aliphatic heterocycles. The van der Waals surface area contributed by atoms with Crippen molar-refractivity contribution in [2.45, 2.75) is 20.0 Å². The molecule has 0 saturated heterocycles. The van der Waals surface area contributed by atoms with Gasteiger partial charge in [0.1, 0.15) is 0 Å². The smallest absolute Gasteiger partial charge is 0.174 e. The minimum absolute atomic E-state index is 0.683. The third kappa shape index (κ3) is 5.07. The molecule has 0 aliphatic rings. The summed E-state index contributed by atoms with van der Waals surface area (Å²) in [6.45, 7) is 3.52. The maximum atomic E-state index is 6.14. The van der Waals surface area contributed by atoms with E-state index in [0.717, 1.165) is 24.3 Å². The van der Waals surface area contributed by atoms with Crippen LogP contribution in [0.5, 0.6) is 0 Å². The molecule has 132 valence electrons. The molecular weight excluding hydrogens is 360 g/mol. The summed E-state index contributed by atoms with van der Waals surface area (Å²) in [5, 5.41) is 4.74. The fourth-order valence-electron chi connectivity index (χ4n) is 2.73. The van der Waals surface area contributed by atoms with Crippen molar-refractivity contribution in [2.75, 3.05) is 5.32 Å². The molecule has 0 aliphatic carbocycles. The Hall–Kier alpha value is -2.36. The van der Waals surface area contributed by atoms with Gasteiger partial charge in [-0.25, -0.2) is 0 Å². The largest absolute Gasteiger partial charge is 0.340 e. The van der Waals surface area contributed by atoms with E-state index in [1.165, 1.54) is 11.1 Å². The number of halogens is 1. The van der Waals surface area contributed by atoms with Crippen molar-refractivity contribution in [1.82, 2.24) is 4.90 Å². The molecule has 0 spiro atoms. The summed E-state index contributed by atoms with van der Waals surface area (Å²) < 4.78 is 0. The molecule has 3 aromatic carbocycles. The molecule has 0 heterocycles. The molecule has 0 saturated carbocycles. The molecular formula is C22H21ClN2S. The van der Waals surface area contributed by atoms with E-state index in [0.29, 0.717) is 10.1 Å². The maximum Gasteiger partial charge on any atom is 0.174 e. The van der Waals surface area contributed by atoms with Gasteiger partial charge in [-0.1, -0.05) is 78.3 Å². The van der Waals surface area contributed by atoms with Gasteiger partial charge in [0, 0.05) is 23.8 Å². The highest BCUT2D eigenvalue weighted by Gasteiger charge is 2.13. The summed E-state index contributed by atoms with van der Waals surface area (Å²) in [6.07, 6.45) is 0. The van der Waals surface area contributed by atoms with Crippen LogP contribution >= 0.6 is 23.8 Å². The van der Waals surface area contributed by atoms with Crippen LogP contribution in [0, 0.1) is 6.92 Å². The zero-order valence-electron chi connectivity index (χ0n) is 14.7. The third-order valence-corrected chi connectivity index (χ3v) is 4.76. The van der Waals surface area contributed by atoms with Gasteiger partial charge < -0.3 is 10.2 Å². The van der Waals surface area contributed by atoms with Gasteiger partial charge in [0.15, 0.2) is 5.11 Å². The molecule has 2 nitrogen and oxygen atoms in total. The molecule has 26 heavy (non-hydrogen) atoms. The molecule has 0 aromatic heterocycles. The van der Waals surface area contributed by atoms with Crippen molar-refractivity contribution in [3.8, 4) is 0 Å². The molecule has 0 bridgehead atoms. The highest BCUT2D eigenvalue weighted by molar-refractivity contribution is 7.80. The van der Waals surface area contributed by atoms with E-state index < -0.39 is 0 Å². The van der Waals surface area contributed by atoms with E-state index in [9.17, 15) is 0 Å². The molecule has 0 radical (unpaired) electrons. The highest BCUT2D eigenvalue weighted by Crippen LogP contribution is 2.21. The monoisotopic (exact) mass is 380 g/mol. The minimum atomic E-state index is 0.683. The second-order valence-electron chi connectivity index (χ2n) is 6.22. The van der Waals surface area contributed by atoms with Gasteiger partial charge in [-0.3, -0.25) is 0 Å². The number of aryl methyl sites for hydroxylation is 1. The summed E-state index contributed by atoms with van der Waals surface area (Å²) in [4.78, 5) is 2.17. The molecule has 1 N–H and O–H groups in total. The Morgan fingerprint density at radius 3 is 1.96 bits per heavy atom. The predicted molar refractivity (Wildman–Crippen MR) is 115 cm³/mol. The molecule has 0 atom stereocenters. The highest BCUT2D eigenvalue weighted by atomic mass is 35.5. The molecule has 0 fully saturated rings. The van der Waals surface area contributed by atoms with Gasteiger partial charge >= 0.3 is 0 Å². The lowest BCUT2D eigenvalue weighted by Gasteiger charge is -2.27. The van der Waals surface area contributed by atoms with E-state index in [4.69, 9.17) is 23.8 Å². The van der Waals surface area contributed by atoms with Crippen LogP contribution in [0.4, 0.5) is 5.69 Å². The lowest BCUT2D eigenvalue weighted by atomic mass is 10.1. The number of rotatable bonds is 5. The number of nitrogens with zero attached hydrogens (tertiary/aromatic N) is 1. The van der Waals surface area contributed by atoms with Gasteiger partial charge in [-0.05, 0) is 48.0 Å². The first-order chi connectivity index (χ1) is 12.6. The van der Waals surface area contributed by atoms with Gasteiger partial charge in [0.25, 0.3) is 0 Å². The van der Waals surface area contributed by atoms with Crippen molar-refractivity contribution in [3.63, 3.8) is 0 Å². The number of hydrogen-bond donors (Lipinski definition) is 1. The normalized spacial score (nSPS) is 10.4. The summed E-state index contributed by atoms with van der Waals surface area (Å²) >= 11 is 11.9. The van der Waals surface area contributed by atoms with Crippen molar-refractivity contribution in [3.05, 3.63) is 101 Å². The van der Waals surface area contributed by atoms with Gasteiger partial charge in [0.2, 0.25) is 0 Å². The topological polar surface area (TPSA) is 15.3 Å². The molecule has 3 aromatic rings. The standard InChI is InChI=1S/C22H21ClN2S/c1-17-12-13-20(23)14-21(17)24-22(26)25(15-18-8-4-2-5-9-18)16-19-10-6-3-7-11-19/h2-14H,15-16H2,1H3,(H,24,26). The zero-order chi connectivity index (χ0) is 18.4. The summed E-state index contributed by atoms with van der Waals surface area (Å²) in [5.74, 6) is 0. The van der Waals surface area contributed by atoms with Crippen molar-refractivity contribution < 1.29 is 0 Å². The van der Waals surface area contributed by atoms with Crippen LogP contribution in [0.3, 0.4) is 0 Å². The second-order valence-corrected chi connectivity index (χ2v) is 7.04. The minimum Gasteiger partial charge on any atom is -0.340 e. The molecule has 4 heteroatoms. The third-order valence-electron chi connectivity index (χ3n) is 4.16. The van der Waals surface area contributed by atoms with Crippen LogP contribution in [0.1, 0.15) is 16.7 Å². The van der Waals surface area contributed by atoms with Crippen molar-refractivity contribution in [2.24, 2.45) is 0 Å². The van der Waals surface area contributed by atoms with Crippen LogP contribution in [-0.4, -0.2) is 10.0 Å². The average Bonchev–Trinajstić information content (AvgIpc) is 2.66. The van der Waals surface area contributed by atoms with Crippen LogP contribution in [0.15, 0.2) is 78.9 Å². The van der Waals surface area contributed by atoms with E-state index in [1.807, 2.05) is 61.5 Å². The Labute approximate surface area is 165 Å². The Morgan fingerprint density at radius 1 is 0.885 bits per heavy atom. The van der Waals surface area contributed by atoms with Crippen molar-refractivity contribution >= 4 is 34.6 Å². The van der Waals surface area contributed by atoms with E-state index >= 15 is 0 Å². The van der Waals surface area contributed by atoms with E-state index in [2.05, 4.69) is 34.5 Å². The summed E-state index contributed by atoms with van der Waals surface area (Å²) in [6, 6.07) is 26.5. The van der Waals surface area contributed by atoms with Crippen LogP contribution in [0.2, 0.25) is 5.02 Å². The zero-order valence-corrected chi connectivity index (χ0v) is 16.2. The van der Waals surface area contributed by atoms with E-state index in [1.54, 1.807) is 0 Å². The molecule has 0 amide bonds. The first-order valence-electron chi connectivity index (χ1n) is 8.52. The fourth-order valence-corrected chi connectivity index (χ4v) is 3.14. The Bertz CT molecular complexity index is 824. The SMILES string of the molecule is Cc1ccc(Cl)cc1NC(=S)N(Cc1ccccc1)Cc1ccccc1. The first-order valence-corrected chi connectivity index (χ1v) is 9.30. The lowest BCUT2D eigenvalue weighted by molar-refractivity contribution is 0.413. The average molecular weight is 381 g/mol. The lowest BCUT2D eigenvalue weighted by Crippen LogP contribution is -2.34. The number of nitrogens with one attached hydrogen (secondary N) is 1. The second kappa shape index (κ2) is 8.84. The number of anilines is 1. The van der Waals surface area contributed by atoms with E-state index in [-0.39, 0.29) is 0 Å². The molecule has 0 unspecified atom stereocenters. The van der Waals surface area contributed by atoms with Gasteiger partial charge in [-0.2, -0.15) is 0 Å². The predicted octanol–water partition coefficient (Wildman–Crippen LogP) is 6.05. The maximum absolute atomic E-state index is 6.14. The Morgan fingerprint density at radius 2 is 1.42 bits per heavy atom. The van der Waals surface area contributed by atoms with Gasteiger partial charge in [0.05, 0.1) is 0 Å². The molecule has 3 rings (SSSR count). The van der Waals surface area contributed by atoms with Crippen LogP contribution in [-0.2, 0) is 13.1 Å². The fraction of sp³-hybridized carbons (Fsp3) is 0.136. The van der Waals surface area contributed by atoms with Crippen LogP contribution < -0.4 is 5.32 Å². The Balaban J connectivity index is 1.81. The van der Waals surface area contributed by atoms with Gasteiger partial charge in [-0.15, -0.1) is 0 Å². The first kappa shape index (κ1) is 18.4. The summed E-state index contributed by atoms with van der Waals surface area (Å²) in [5.41, 5.74) is 4.48. The van der Waals surface area contributed by atoms with Crippen LogP contribution in [0.25, 0.3) is 0 Å². The number of hydrogen-bond acceptors (Lipinski definition) is 1. The Kier molecular flexibility index (Phi) is 6.26. The quantitative estimate of drug-likeness (QED) is 0.542. The summed E-state index contributed by atoms with van der Waals surface area (Å²) in [7, 11) is 0. The number of benzene rings is 3.